The highest BCUT2D eigenvalue weighted by atomic mass is 32.2. The SMILES string of the molecule is CCNC(=NCc1ccc(COCC)cc1)NCC1CCCS1. The van der Waals surface area contributed by atoms with Gasteiger partial charge >= 0.3 is 0 Å². The van der Waals surface area contributed by atoms with Crippen molar-refractivity contribution < 1.29 is 4.74 Å². The van der Waals surface area contributed by atoms with Crippen LogP contribution >= 0.6 is 11.8 Å². The summed E-state index contributed by atoms with van der Waals surface area (Å²) in [6, 6.07) is 8.51. The van der Waals surface area contributed by atoms with E-state index in [9.17, 15) is 0 Å². The van der Waals surface area contributed by atoms with Crippen molar-refractivity contribution in [3.05, 3.63) is 35.4 Å². The number of rotatable bonds is 8. The van der Waals surface area contributed by atoms with E-state index in [1.54, 1.807) is 0 Å². The average molecular weight is 336 g/mol. The summed E-state index contributed by atoms with van der Waals surface area (Å²) in [5.41, 5.74) is 2.43. The number of hydrogen-bond donors (Lipinski definition) is 2. The van der Waals surface area contributed by atoms with Gasteiger partial charge in [-0.1, -0.05) is 24.3 Å². The molecule has 0 bridgehead atoms. The van der Waals surface area contributed by atoms with Crippen molar-refractivity contribution in [2.75, 3.05) is 25.4 Å². The summed E-state index contributed by atoms with van der Waals surface area (Å²) in [6.07, 6.45) is 2.66. The molecule has 2 N–H and O–H groups in total. The Kier molecular flexibility index (Phi) is 8.32. The molecule has 1 unspecified atom stereocenters. The van der Waals surface area contributed by atoms with Gasteiger partial charge < -0.3 is 15.4 Å². The van der Waals surface area contributed by atoms with Gasteiger partial charge in [0.2, 0.25) is 0 Å². The zero-order valence-corrected chi connectivity index (χ0v) is 15.1. The van der Waals surface area contributed by atoms with Gasteiger partial charge in [-0.25, -0.2) is 4.99 Å². The maximum absolute atomic E-state index is 5.42. The molecule has 0 aliphatic carbocycles. The molecule has 4 nitrogen and oxygen atoms in total. The molecule has 1 atom stereocenters. The van der Waals surface area contributed by atoms with Crippen LogP contribution in [0.15, 0.2) is 29.3 Å². The van der Waals surface area contributed by atoms with E-state index in [-0.39, 0.29) is 0 Å². The number of guanidine groups is 1. The van der Waals surface area contributed by atoms with Crippen molar-refractivity contribution in [2.24, 2.45) is 4.99 Å². The average Bonchev–Trinajstić information content (AvgIpc) is 3.10. The minimum atomic E-state index is 0.684. The van der Waals surface area contributed by atoms with Gasteiger partial charge in [0.1, 0.15) is 0 Å². The summed E-state index contributed by atoms with van der Waals surface area (Å²) >= 11 is 2.07. The fourth-order valence-corrected chi connectivity index (χ4v) is 3.69. The standard InChI is InChI=1S/C18H29N3OS/c1-3-19-18(21-13-17-6-5-11-23-17)20-12-15-7-9-16(10-8-15)14-22-4-2/h7-10,17H,3-6,11-14H2,1-2H3,(H2,19,20,21). The van der Waals surface area contributed by atoms with Crippen LogP contribution in [0.4, 0.5) is 0 Å². The van der Waals surface area contributed by atoms with Crippen LogP contribution in [0.5, 0.6) is 0 Å². The molecule has 1 aromatic carbocycles. The van der Waals surface area contributed by atoms with Gasteiger partial charge in [-0.3, -0.25) is 0 Å². The molecule has 0 aromatic heterocycles. The van der Waals surface area contributed by atoms with E-state index in [0.29, 0.717) is 13.2 Å². The second-order valence-corrected chi connectivity index (χ2v) is 7.07. The highest BCUT2D eigenvalue weighted by Crippen LogP contribution is 2.25. The zero-order chi connectivity index (χ0) is 16.3. The molecule has 2 rings (SSSR count). The first-order valence-electron chi connectivity index (χ1n) is 8.61. The molecule has 0 saturated carbocycles. The summed E-state index contributed by atoms with van der Waals surface area (Å²) in [6.45, 7) is 8.14. The maximum atomic E-state index is 5.42. The molecule has 128 valence electrons. The normalized spacial score (nSPS) is 18.2. The summed E-state index contributed by atoms with van der Waals surface area (Å²) in [4.78, 5) is 4.69. The van der Waals surface area contributed by atoms with Gasteiger partial charge in [-0.05, 0) is 43.6 Å². The second-order valence-electron chi connectivity index (χ2n) is 5.66. The van der Waals surface area contributed by atoms with Crippen molar-refractivity contribution in [2.45, 2.75) is 45.1 Å². The molecule has 1 aromatic rings. The van der Waals surface area contributed by atoms with Gasteiger partial charge in [0, 0.05) is 24.9 Å². The van der Waals surface area contributed by atoms with E-state index in [2.05, 4.69) is 53.6 Å². The lowest BCUT2D eigenvalue weighted by Crippen LogP contribution is -2.40. The first kappa shape index (κ1) is 18.1. The van der Waals surface area contributed by atoms with E-state index >= 15 is 0 Å². The van der Waals surface area contributed by atoms with Gasteiger partial charge in [0.05, 0.1) is 13.2 Å². The van der Waals surface area contributed by atoms with Crippen LogP contribution in [0.3, 0.4) is 0 Å². The molecule has 23 heavy (non-hydrogen) atoms. The molecule has 0 radical (unpaired) electrons. The van der Waals surface area contributed by atoms with Gasteiger partial charge in [-0.15, -0.1) is 0 Å². The van der Waals surface area contributed by atoms with E-state index in [4.69, 9.17) is 9.73 Å². The Balaban J connectivity index is 1.83. The number of benzene rings is 1. The minimum absolute atomic E-state index is 0.684. The lowest BCUT2D eigenvalue weighted by Gasteiger charge is -2.14. The first-order chi connectivity index (χ1) is 11.3. The fourth-order valence-electron chi connectivity index (χ4n) is 2.49. The topological polar surface area (TPSA) is 45.7 Å². The quantitative estimate of drug-likeness (QED) is 0.566. The van der Waals surface area contributed by atoms with E-state index in [1.165, 1.54) is 29.7 Å². The third-order valence-electron chi connectivity index (χ3n) is 3.78. The Morgan fingerprint density at radius 2 is 2.00 bits per heavy atom. The molecule has 0 amide bonds. The summed E-state index contributed by atoms with van der Waals surface area (Å²) in [7, 11) is 0. The van der Waals surface area contributed by atoms with Crippen LogP contribution < -0.4 is 10.6 Å². The number of aliphatic imine (C=N–C) groups is 1. The summed E-state index contributed by atoms with van der Waals surface area (Å²) in [5.74, 6) is 2.21. The van der Waals surface area contributed by atoms with E-state index < -0.39 is 0 Å². The second kappa shape index (κ2) is 10.6. The predicted octanol–water partition coefficient (Wildman–Crippen LogP) is 3.17. The highest BCUT2D eigenvalue weighted by Gasteiger charge is 2.15. The van der Waals surface area contributed by atoms with Gasteiger partial charge in [0.15, 0.2) is 5.96 Å². The van der Waals surface area contributed by atoms with E-state index in [1.807, 2.05) is 6.92 Å². The molecule has 1 saturated heterocycles. The Bertz CT molecular complexity index is 470. The zero-order valence-electron chi connectivity index (χ0n) is 14.3. The van der Waals surface area contributed by atoms with Crippen LogP contribution in [0.25, 0.3) is 0 Å². The maximum Gasteiger partial charge on any atom is 0.191 e. The number of thioether (sulfide) groups is 1. The van der Waals surface area contributed by atoms with E-state index in [0.717, 1.165) is 30.9 Å². The van der Waals surface area contributed by atoms with Crippen molar-refractivity contribution in [3.63, 3.8) is 0 Å². The predicted molar refractivity (Wildman–Crippen MR) is 100 cm³/mol. The summed E-state index contributed by atoms with van der Waals surface area (Å²) in [5, 5.41) is 7.53. The molecular formula is C18H29N3OS. The molecule has 1 aliphatic rings. The molecular weight excluding hydrogens is 306 g/mol. The van der Waals surface area contributed by atoms with Crippen LogP contribution in [-0.2, 0) is 17.9 Å². The number of nitrogens with zero attached hydrogens (tertiary/aromatic N) is 1. The Hall–Kier alpha value is -1.20. The van der Waals surface area contributed by atoms with Crippen LogP contribution in [0.1, 0.15) is 37.8 Å². The Labute approximate surface area is 144 Å². The third kappa shape index (κ3) is 6.83. The molecule has 1 aliphatic heterocycles. The number of hydrogen-bond acceptors (Lipinski definition) is 3. The van der Waals surface area contributed by atoms with Crippen LogP contribution in [0, 0.1) is 0 Å². The van der Waals surface area contributed by atoms with Crippen molar-refractivity contribution in [3.8, 4) is 0 Å². The lowest BCUT2D eigenvalue weighted by atomic mass is 10.1. The number of nitrogens with one attached hydrogen (secondary N) is 2. The number of ether oxygens (including phenoxy) is 1. The molecule has 0 spiro atoms. The summed E-state index contributed by atoms with van der Waals surface area (Å²) < 4.78 is 5.42. The van der Waals surface area contributed by atoms with Crippen LogP contribution in [0.2, 0.25) is 0 Å². The molecule has 1 fully saturated rings. The first-order valence-corrected chi connectivity index (χ1v) is 9.66. The molecule has 1 heterocycles. The smallest absolute Gasteiger partial charge is 0.191 e. The minimum Gasteiger partial charge on any atom is -0.377 e. The Morgan fingerprint density at radius 3 is 2.65 bits per heavy atom. The highest BCUT2D eigenvalue weighted by molar-refractivity contribution is 8.00. The Morgan fingerprint density at radius 1 is 1.22 bits per heavy atom. The van der Waals surface area contributed by atoms with Crippen molar-refractivity contribution >= 4 is 17.7 Å². The third-order valence-corrected chi connectivity index (χ3v) is 5.18. The van der Waals surface area contributed by atoms with Crippen LogP contribution in [-0.4, -0.2) is 36.7 Å². The monoisotopic (exact) mass is 335 g/mol. The van der Waals surface area contributed by atoms with Gasteiger partial charge in [-0.2, -0.15) is 11.8 Å². The fraction of sp³-hybridized carbons (Fsp3) is 0.611. The largest absolute Gasteiger partial charge is 0.377 e. The lowest BCUT2D eigenvalue weighted by molar-refractivity contribution is 0.134. The van der Waals surface area contributed by atoms with Gasteiger partial charge in [0.25, 0.3) is 0 Å². The molecule has 5 heteroatoms. The van der Waals surface area contributed by atoms with Crippen molar-refractivity contribution in [1.82, 2.24) is 10.6 Å². The van der Waals surface area contributed by atoms with Crippen molar-refractivity contribution in [1.29, 1.82) is 0 Å².